The van der Waals surface area contributed by atoms with Crippen LogP contribution in [0.15, 0.2) is 41.3 Å². The van der Waals surface area contributed by atoms with Crippen LogP contribution in [-0.2, 0) is 22.6 Å². The Morgan fingerprint density at radius 3 is 2.80 bits per heavy atom. The molecule has 1 amide bonds. The Morgan fingerprint density at radius 1 is 1.37 bits per heavy atom. The molecular weight excluding hydrogens is 386 g/mol. The van der Waals surface area contributed by atoms with Crippen LogP contribution in [0.25, 0.3) is 0 Å². The second-order valence-electron chi connectivity index (χ2n) is 7.14. The van der Waals surface area contributed by atoms with Gasteiger partial charge in [0.15, 0.2) is 5.82 Å². The van der Waals surface area contributed by atoms with Crippen LogP contribution < -0.4 is 21.9 Å². The van der Waals surface area contributed by atoms with Crippen molar-refractivity contribution in [3.8, 4) is 0 Å². The predicted octanol–water partition coefficient (Wildman–Crippen LogP) is 0.222. The molecule has 1 aliphatic heterocycles. The first-order chi connectivity index (χ1) is 14.4. The second kappa shape index (κ2) is 9.88. The van der Waals surface area contributed by atoms with E-state index in [0.29, 0.717) is 25.2 Å². The number of hydrogen-bond acceptors (Lipinski definition) is 6. The fourth-order valence-corrected chi connectivity index (χ4v) is 3.18. The van der Waals surface area contributed by atoms with Crippen molar-refractivity contribution < 1.29 is 9.63 Å². The van der Waals surface area contributed by atoms with E-state index in [1.807, 2.05) is 30.3 Å². The summed E-state index contributed by atoms with van der Waals surface area (Å²) in [7, 11) is 0. The van der Waals surface area contributed by atoms with Crippen molar-refractivity contribution in [2.45, 2.75) is 32.4 Å². The molecule has 1 aromatic carbocycles. The first kappa shape index (κ1) is 21.3. The van der Waals surface area contributed by atoms with E-state index >= 15 is 0 Å². The first-order valence-electron chi connectivity index (χ1n) is 9.82. The monoisotopic (exact) mass is 413 g/mol. The molecule has 1 atom stereocenters. The molecule has 1 aromatic heterocycles. The minimum Gasteiger partial charge on any atom is -0.368 e. The molecule has 0 radical (unpaired) electrons. The maximum Gasteiger partial charge on any atom is 0.293 e. The van der Waals surface area contributed by atoms with Crippen LogP contribution in [0.3, 0.4) is 0 Å². The van der Waals surface area contributed by atoms with Crippen molar-refractivity contribution in [1.82, 2.24) is 19.9 Å². The third-order valence-electron chi connectivity index (χ3n) is 4.85. The highest BCUT2D eigenvalue weighted by Gasteiger charge is 2.23. The van der Waals surface area contributed by atoms with Crippen LogP contribution in [0.2, 0.25) is 0 Å². The van der Waals surface area contributed by atoms with Crippen molar-refractivity contribution in [2.75, 3.05) is 25.0 Å². The number of guanidine groups is 1. The lowest BCUT2D eigenvalue weighted by molar-refractivity contribution is -0.143. The number of carbonyl (C=O) groups is 1. The number of aromatic nitrogens is 2. The second-order valence-corrected chi connectivity index (χ2v) is 7.14. The summed E-state index contributed by atoms with van der Waals surface area (Å²) in [4.78, 5) is 34.7. The predicted molar refractivity (Wildman–Crippen MR) is 113 cm³/mol. The van der Waals surface area contributed by atoms with Gasteiger partial charge in [-0.2, -0.15) is 0 Å². The van der Waals surface area contributed by atoms with Crippen LogP contribution in [0.5, 0.6) is 0 Å². The van der Waals surface area contributed by atoms with E-state index in [1.54, 1.807) is 13.1 Å². The highest BCUT2D eigenvalue weighted by atomic mass is 16.7. The van der Waals surface area contributed by atoms with Crippen LogP contribution in [0.4, 0.5) is 5.82 Å². The molecular formula is C20H27N7O3. The summed E-state index contributed by atoms with van der Waals surface area (Å²) in [5.41, 5.74) is 6.81. The quantitative estimate of drug-likeness (QED) is 0.376. The minimum atomic E-state index is -0.333. The van der Waals surface area contributed by atoms with Crippen molar-refractivity contribution in [3.05, 3.63) is 58.1 Å². The molecule has 1 fully saturated rings. The van der Waals surface area contributed by atoms with Crippen molar-refractivity contribution in [1.29, 1.82) is 5.41 Å². The van der Waals surface area contributed by atoms with Gasteiger partial charge in [-0.15, -0.1) is 0 Å². The summed E-state index contributed by atoms with van der Waals surface area (Å²) in [5.74, 6) is -0.222. The Balaban J connectivity index is 1.56. The van der Waals surface area contributed by atoms with Crippen molar-refractivity contribution in [2.24, 2.45) is 5.73 Å². The molecule has 1 unspecified atom stereocenters. The highest BCUT2D eigenvalue weighted by molar-refractivity contribution is 5.76. The van der Waals surface area contributed by atoms with Gasteiger partial charge in [-0.1, -0.05) is 30.3 Å². The normalized spacial score (nSPS) is 16.2. The van der Waals surface area contributed by atoms with Crippen molar-refractivity contribution in [3.63, 3.8) is 0 Å². The summed E-state index contributed by atoms with van der Waals surface area (Å²) >= 11 is 0. The van der Waals surface area contributed by atoms with Crippen LogP contribution in [0, 0.1) is 12.3 Å². The van der Waals surface area contributed by atoms with E-state index in [4.69, 9.17) is 16.0 Å². The summed E-state index contributed by atoms with van der Waals surface area (Å²) in [6.07, 6.45) is 2.94. The molecule has 0 bridgehead atoms. The zero-order valence-electron chi connectivity index (χ0n) is 16.9. The fraction of sp³-hybridized carbons (Fsp3) is 0.400. The molecule has 1 aliphatic rings. The van der Waals surface area contributed by atoms with Gasteiger partial charge in [0.1, 0.15) is 6.54 Å². The highest BCUT2D eigenvalue weighted by Crippen LogP contribution is 2.07. The number of benzene rings is 1. The zero-order chi connectivity index (χ0) is 21.5. The third-order valence-corrected chi connectivity index (χ3v) is 4.85. The fourth-order valence-electron chi connectivity index (χ4n) is 3.18. The molecule has 10 nitrogen and oxygen atoms in total. The van der Waals surface area contributed by atoms with Gasteiger partial charge in [0, 0.05) is 18.4 Å². The number of nitrogens with one attached hydrogen (secondary N) is 3. The number of nitrogens with two attached hydrogens (primary N) is 1. The molecule has 5 N–H and O–H groups in total. The van der Waals surface area contributed by atoms with E-state index in [1.165, 1.54) is 9.63 Å². The smallest absolute Gasteiger partial charge is 0.293 e. The Bertz CT molecular complexity index is 937. The minimum absolute atomic E-state index is 0.104. The average molecular weight is 413 g/mol. The molecule has 10 heteroatoms. The summed E-state index contributed by atoms with van der Waals surface area (Å²) in [5, 5.41) is 14.6. The van der Waals surface area contributed by atoms with Gasteiger partial charge in [-0.25, -0.2) is 10.0 Å². The summed E-state index contributed by atoms with van der Waals surface area (Å²) in [6.45, 7) is 2.84. The van der Waals surface area contributed by atoms with E-state index in [0.717, 1.165) is 12.0 Å². The topological polar surface area (TPSA) is 138 Å². The van der Waals surface area contributed by atoms with E-state index in [-0.39, 0.29) is 42.4 Å². The van der Waals surface area contributed by atoms with Gasteiger partial charge in [0.25, 0.3) is 5.56 Å². The van der Waals surface area contributed by atoms with Crippen molar-refractivity contribution >= 4 is 17.7 Å². The SMILES string of the molecule is Cc1cnc(NCCc2ccccc2)c(=O)n1CC(=O)NC1CCN(C(=N)N)OC1. The standard InChI is InChI=1S/C20H27N7O3/c1-14-11-24-18(23-9-7-15-5-3-2-4-6-15)19(29)26(14)12-17(28)25-16-8-10-27(20(21)22)30-13-16/h2-6,11,16H,7-10,12-13H2,1H3,(H3,21,22)(H,23,24)(H,25,28). The number of hydrogen-bond donors (Lipinski definition) is 4. The number of rotatable bonds is 7. The lowest BCUT2D eigenvalue weighted by Crippen LogP contribution is -2.50. The summed E-state index contributed by atoms with van der Waals surface area (Å²) in [6, 6.07) is 9.75. The van der Waals surface area contributed by atoms with Gasteiger partial charge in [-0.05, 0) is 25.3 Å². The van der Waals surface area contributed by atoms with Gasteiger partial charge >= 0.3 is 0 Å². The molecule has 3 rings (SSSR count). The molecule has 1 saturated heterocycles. The average Bonchev–Trinajstić information content (AvgIpc) is 2.74. The Labute approximate surface area is 174 Å². The number of hydroxylamine groups is 2. The van der Waals surface area contributed by atoms with Gasteiger partial charge in [-0.3, -0.25) is 24.4 Å². The van der Waals surface area contributed by atoms with Crippen LogP contribution in [0.1, 0.15) is 17.7 Å². The molecule has 0 spiro atoms. The van der Waals surface area contributed by atoms with E-state index in [2.05, 4.69) is 15.6 Å². The number of aryl methyl sites for hydroxylation is 1. The molecule has 2 heterocycles. The number of carbonyl (C=O) groups excluding carboxylic acids is 1. The number of anilines is 1. The number of nitrogens with zero attached hydrogens (tertiary/aromatic N) is 3. The largest absolute Gasteiger partial charge is 0.368 e. The zero-order valence-corrected chi connectivity index (χ0v) is 16.9. The molecule has 0 aliphatic carbocycles. The lowest BCUT2D eigenvalue weighted by Gasteiger charge is -2.31. The van der Waals surface area contributed by atoms with Gasteiger partial charge in [0.2, 0.25) is 11.9 Å². The van der Waals surface area contributed by atoms with Gasteiger partial charge < -0.3 is 16.4 Å². The third kappa shape index (κ3) is 5.57. The lowest BCUT2D eigenvalue weighted by atomic mass is 10.1. The Kier molecular flexibility index (Phi) is 7.02. The Hall–Kier alpha value is -3.40. The molecule has 0 saturated carbocycles. The Morgan fingerprint density at radius 2 is 2.13 bits per heavy atom. The molecule has 30 heavy (non-hydrogen) atoms. The van der Waals surface area contributed by atoms with E-state index < -0.39 is 0 Å². The van der Waals surface area contributed by atoms with Crippen LogP contribution >= 0.6 is 0 Å². The van der Waals surface area contributed by atoms with Crippen LogP contribution in [-0.4, -0.2) is 52.2 Å². The maximum atomic E-state index is 12.8. The molecule has 2 aromatic rings. The maximum absolute atomic E-state index is 12.8. The first-order valence-corrected chi connectivity index (χ1v) is 9.82. The summed E-state index contributed by atoms with van der Waals surface area (Å²) < 4.78 is 1.40. The number of amides is 1. The van der Waals surface area contributed by atoms with E-state index in [9.17, 15) is 9.59 Å². The molecule has 160 valence electrons. The van der Waals surface area contributed by atoms with Gasteiger partial charge in [0.05, 0.1) is 19.2 Å².